The van der Waals surface area contributed by atoms with Gasteiger partial charge >= 0.3 is 0 Å². The van der Waals surface area contributed by atoms with Crippen LogP contribution in [0.25, 0.3) is 0 Å². The fourth-order valence-electron chi connectivity index (χ4n) is 3.44. The van der Waals surface area contributed by atoms with Gasteiger partial charge in [-0.1, -0.05) is 26.7 Å². The van der Waals surface area contributed by atoms with Gasteiger partial charge in [-0.25, -0.2) is 0 Å². The van der Waals surface area contributed by atoms with Crippen LogP contribution >= 0.6 is 15.9 Å². The summed E-state index contributed by atoms with van der Waals surface area (Å²) in [7, 11) is 2.08. The molecule has 114 valence electrons. The zero-order valence-electron chi connectivity index (χ0n) is 13.1. The third-order valence-electron chi connectivity index (χ3n) is 4.68. The van der Waals surface area contributed by atoms with Gasteiger partial charge in [-0.2, -0.15) is 5.10 Å². The van der Waals surface area contributed by atoms with Crippen molar-refractivity contribution in [2.75, 3.05) is 13.1 Å². The average Bonchev–Trinajstić information content (AvgIpc) is 2.73. The predicted octanol–water partition coefficient (Wildman–Crippen LogP) is 3.70. The van der Waals surface area contributed by atoms with Crippen molar-refractivity contribution in [2.45, 2.75) is 52.4 Å². The van der Waals surface area contributed by atoms with Crippen molar-refractivity contribution in [1.29, 1.82) is 0 Å². The molecule has 0 saturated heterocycles. The summed E-state index contributed by atoms with van der Waals surface area (Å²) in [4.78, 5) is 0. The molecule has 0 spiro atoms. The molecule has 3 nitrogen and oxygen atoms in total. The minimum Gasteiger partial charge on any atom is -0.317 e. The van der Waals surface area contributed by atoms with Crippen LogP contribution in [0.5, 0.6) is 0 Å². The largest absolute Gasteiger partial charge is 0.317 e. The van der Waals surface area contributed by atoms with E-state index in [0.717, 1.165) is 24.8 Å². The first-order valence-electron chi connectivity index (χ1n) is 8.08. The fraction of sp³-hybridized carbons (Fsp3) is 0.812. The summed E-state index contributed by atoms with van der Waals surface area (Å²) in [6.45, 7) is 6.63. The monoisotopic (exact) mass is 341 g/mol. The summed E-state index contributed by atoms with van der Waals surface area (Å²) in [6, 6.07) is 0. The molecule has 0 radical (unpaired) electrons. The van der Waals surface area contributed by atoms with E-state index in [0.29, 0.717) is 0 Å². The van der Waals surface area contributed by atoms with Crippen LogP contribution in [0.1, 0.15) is 50.9 Å². The van der Waals surface area contributed by atoms with E-state index in [9.17, 15) is 0 Å². The van der Waals surface area contributed by atoms with E-state index in [1.54, 1.807) is 0 Å². The van der Waals surface area contributed by atoms with Crippen molar-refractivity contribution >= 4 is 15.9 Å². The first-order valence-corrected chi connectivity index (χ1v) is 8.87. The second-order valence-electron chi connectivity index (χ2n) is 6.00. The van der Waals surface area contributed by atoms with Crippen LogP contribution in [-0.2, 0) is 19.9 Å². The highest BCUT2D eigenvalue weighted by Gasteiger charge is 2.27. The number of nitrogens with zero attached hydrogens (tertiary/aromatic N) is 2. The second kappa shape index (κ2) is 7.60. The lowest BCUT2D eigenvalue weighted by molar-refractivity contribution is 0.226. The molecular weight excluding hydrogens is 314 g/mol. The minimum atomic E-state index is 0.805. The van der Waals surface area contributed by atoms with Gasteiger partial charge < -0.3 is 5.32 Å². The summed E-state index contributed by atoms with van der Waals surface area (Å²) in [5, 5.41) is 8.18. The number of hydrogen-bond acceptors (Lipinski definition) is 2. The lowest BCUT2D eigenvalue weighted by Gasteiger charge is -2.32. The minimum absolute atomic E-state index is 0.805. The van der Waals surface area contributed by atoms with Crippen LogP contribution in [0.15, 0.2) is 4.47 Å². The van der Waals surface area contributed by atoms with E-state index >= 15 is 0 Å². The van der Waals surface area contributed by atoms with E-state index in [1.165, 1.54) is 54.5 Å². The summed E-state index contributed by atoms with van der Waals surface area (Å²) in [5.41, 5.74) is 2.58. The van der Waals surface area contributed by atoms with Crippen molar-refractivity contribution in [3.63, 3.8) is 0 Å². The highest BCUT2D eigenvalue weighted by atomic mass is 79.9. The van der Waals surface area contributed by atoms with Crippen molar-refractivity contribution in [3.8, 4) is 0 Å². The number of halogens is 1. The molecule has 4 heteroatoms. The summed E-state index contributed by atoms with van der Waals surface area (Å²) in [6.07, 6.45) is 7.71. The third-order valence-corrected chi connectivity index (χ3v) is 5.60. The summed E-state index contributed by atoms with van der Waals surface area (Å²) in [5.74, 6) is 1.63. The lowest BCUT2D eigenvalue weighted by atomic mass is 9.77. The average molecular weight is 342 g/mol. The Labute approximate surface area is 131 Å². The second-order valence-corrected chi connectivity index (χ2v) is 6.79. The van der Waals surface area contributed by atoms with Crippen LogP contribution in [-0.4, -0.2) is 22.9 Å². The van der Waals surface area contributed by atoms with Gasteiger partial charge in [0.2, 0.25) is 0 Å². The molecule has 0 bridgehead atoms. The Balaban J connectivity index is 2.08. The van der Waals surface area contributed by atoms with Gasteiger partial charge in [-0.05, 0) is 66.5 Å². The molecule has 0 aliphatic heterocycles. The molecule has 0 aromatic carbocycles. The quantitative estimate of drug-likeness (QED) is 0.854. The summed E-state index contributed by atoms with van der Waals surface area (Å²) < 4.78 is 3.33. The van der Waals surface area contributed by atoms with Crippen molar-refractivity contribution < 1.29 is 0 Å². The van der Waals surface area contributed by atoms with E-state index in [-0.39, 0.29) is 0 Å². The molecule has 2 unspecified atom stereocenters. The van der Waals surface area contributed by atoms with Gasteiger partial charge in [0, 0.05) is 7.05 Å². The van der Waals surface area contributed by atoms with Crippen LogP contribution in [0, 0.1) is 11.8 Å². The first-order chi connectivity index (χ1) is 9.67. The van der Waals surface area contributed by atoms with Gasteiger partial charge in [0.05, 0.1) is 15.9 Å². The molecule has 2 rings (SSSR count). The van der Waals surface area contributed by atoms with Crippen LogP contribution in [0.2, 0.25) is 0 Å². The highest BCUT2D eigenvalue weighted by molar-refractivity contribution is 9.10. The Morgan fingerprint density at radius 3 is 2.55 bits per heavy atom. The van der Waals surface area contributed by atoms with Gasteiger partial charge in [0.1, 0.15) is 0 Å². The van der Waals surface area contributed by atoms with E-state index in [2.05, 4.69) is 51.9 Å². The topological polar surface area (TPSA) is 29.9 Å². The van der Waals surface area contributed by atoms with Gasteiger partial charge in [-0.3, -0.25) is 4.68 Å². The number of rotatable bonds is 6. The van der Waals surface area contributed by atoms with E-state index in [1.807, 2.05) is 0 Å². The van der Waals surface area contributed by atoms with E-state index < -0.39 is 0 Å². The maximum Gasteiger partial charge on any atom is 0.0766 e. The van der Waals surface area contributed by atoms with Crippen LogP contribution in [0.3, 0.4) is 0 Å². The SMILES string of the molecule is CCNCC1CCCCC1Cc1c(Br)c(CC)nn1C. The number of nitrogens with one attached hydrogen (secondary N) is 1. The molecule has 1 N–H and O–H groups in total. The molecule has 1 aromatic rings. The number of aromatic nitrogens is 2. The first kappa shape index (κ1) is 16.0. The highest BCUT2D eigenvalue weighted by Crippen LogP contribution is 2.34. The molecule has 1 aromatic heterocycles. The maximum atomic E-state index is 4.64. The Hall–Kier alpha value is -0.350. The van der Waals surface area contributed by atoms with Crippen LogP contribution < -0.4 is 5.32 Å². The molecule has 1 aliphatic carbocycles. The Morgan fingerprint density at radius 1 is 1.25 bits per heavy atom. The normalized spacial score (nSPS) is 23.2. The third kappa shape index (κ3) is 3.64. The Morgan fingerprint density at radius 2 is 1.95 bits per heavy atom. The number of aryl methyl sites for hydroxylation is 2. The molecule has 1 aliphatic rings. The molecule has 1 heterocycles. The molecule has 2 atom stereocenters. The molecule has 1 fully saturated rings. The molecular formula is C16H28BrN3. The zero-order chi connectivity index (χ0) is 14.5. The van der Waals surface area contributed by atoms with Crippen molar-refractivity contribution in [1.82, 2.24) is 15.1 Å². The Bertz CT molecular complexity index is 428. The lowest BCUT2D eigenvalue weighted by Crippen LogP contribution is -2.32. The molecule has 1 saturated carbocycles. The van der Waals surface area contributed by atoms with E-state index in [4.69, 9.17) is 0 Å². The fourth-order valence-corrected chi connectivity index (χ4v) is 4.22. The predicted molar refractivity (Wildman–Crippen MR) is 88.0 cm³/mol. The standard InChI is InChI=1S/C16H28BrN3/c1-4-14-16(17)15(20(3)19-14)10-12-8-6-7-9-13(12)11-18-5-2/h12-13,18H,4-11H2,1-3H3. The van der Waals surface area contributed by atoms with Gasteiger partial charge in [0.25, 0.3) is 0 Å². The maximum absolute atomic E-state index is 4.64. The van der Waals surface area contributed by atoms with Crippen molar-refractivity contribution in [3.05, 3.63) is 15.9 Å². The van der Waals surface area contributed by atoms with Crippen molar-refractivity contribution in [2.24, 2.45) is 18.9 Å². The van der Waals surface area contributed by atoms with Gasteiger partial charge in [-0.15, -0.1) is 0 Å². The van der Waals surface area contributed by atoms with Gasteiger partial charge in [0.15, 0.2) is 0 Å². The smallest absolute Gasteiger partial charge is 0.0766 e. The zero-order valence-corrected chi connectivity index (χ0v) is 14.7. The van der Waals surface area contributed by atoms with Crippen LogP contribution in [0.4, 0.5) is 0 Å². The Kier molecular flexibility index (Phi) is 6.09. The molecule has 0 amide bonds. The molecule has 20 heavy (non-hydrogen) atoms. The number of hydrogen-bond donors (Lipinski definition) is 1. The summed E-state index contributed by atoms with van der Waals surface area (Å²) >= 11 is 3.76.